The number of carbonyl (C=O) groups excluding carboxylic acids is 1. The van der Waals surface area contributed by atoms with Crippen molar-refractivity contribution >= 4 is 5.91 Å². The molecule has 6 heteroatoms. The smallest absolute Gasteiger partial charge is 0.227 e. The molecule has 1 saturated heterocycles. The third-order valence-corrected chi connectivity index (χ3v) is 3.58. The Morgan fingerprint density at radius 1 is 1.45 bits per heavy atom. The van der Waals surface area contributed by atoms with Gasteiger partial charge in [0.1, 0.15) is 0 Å². The minimum absolute atomic E-state index is 0.0237. The summed E-state index contributed by atoms with van der Waals surface area (Å²) in [4.78, 5) is 13.7. The number of likely N-dealkylation sites (tertiary alicyclic amines) is 1. The fourth-order valence-corrected chi connectivity index (χ4v) is 2.45. The number of aliphatic hydroxyl groups is 1. The number of carbonyl (C=O) groups is 1. The Balaban J connectivity index is 2.05. The number of aliphatic hydroxyl groups excluding tert-OH is 1. The molecule has 1 N–H and O–H groups in total. The Bertz CT molecular complexity index is 495. The Labute approximate surface area is 116 Å². The second-order valence-electron chi connectivity index (χ2n) is 4.90. The number of rotatable bonds is 4. The highest BCUT2D eigenvalue weighted by Gasteiger charge is 2.34. The van der Waals surface area contributed by atoms with Crippen LogP contribution in [0.15, 0.2) is 18.2 Å². The molecule has 1 heterocycles. The predicted molar refractivity (Wildman–Crippen MR) is 68.1 cm³/mol. The molecule has 1 amide bonds. The van der Waals surface area contributed by atoms with E-state index < -0.39 is 11.6 Å². The maximum absolute atomic E-state index is 13.1. The van der Waals surface area contributed by atoms with Crippen molar-refractivity contribution in [2.75, 3.05) is 20.3 Å². The summed E-state index contributed by atoms with van der Waals surface area (Å²) in [5.74, 6) is -2.13. The lowest BCUT2D eigenvalue weighted by molar-refractivity contribution is -0.132. The van der Waals surface area contributed by atoms with E-state index in [-0.39, 0.29) is 31.1 Å². The number of halogens is 2. The molecule has 1 aromatic carbocycles. The first-order chi connectivity index (χ1) is 9.55. The molecule has 0 unspecified atom stereocenters. The lowest BCUT2D eigenvalue weighted by Gasteiger charge is -2.22. The molecule has 0 bridgehead atoms. The van der Waals surface area contributed by atoms with E-state index in [0.717, 1.165) is 12.1 Å². The van der Waals surface area contributed by atoms with Gasteiger partial charge in [0.15, 0.2) is 11.6 Å². The molecule has 2 atom stereocenters. The van der Waals surface area contributed by atoms with Crippen molar-refractivity contribution < 1.29 is 23.4 Å². The van der Waals surface area contributed by atoms with Gasteiger partial charge >= 0.3 is 0 Å². The van der Waals surface area contributed by atoms with Gasteiger partial charge in [-0.1, -0.05) is 6.07 Å². The molecular formula is C14H17F2NO3. The Kier molecular flexibility index (Phi) is 4.67. The van der Waals surface area contributed by atoms with Crippen LogP contribution in [0.4, 0.5) is 8.78 Å². The number of methoxy groups -OCH3 is 1. The van der Waals surface area contributed by atoms with E-state index in [9.17, 15) is 18.7 Å². The summed E-state index contributed by atoms with van der Waals surface area (Å²) in [6.07, 6.45) is 0.460. The first-order valence-corrected chi connectivity index (χ1v) is 6.42. The molecule has 0 aromatic heterocycles. The second kappa shape index (κ2) is 6.28. The quantitative estimate of drug-likeness (QED) is 0.902. The molecule has 0 radical (unpaired) electrons. The topological polar surface area (TPSA) is 49.8 Å². The van der Waals surface area contributed by atoms with Gasteiger partial charge in [0, 0.05) is 13.7 Å². The van der Waals surface area contributed by atoms with Crippen molar-refractivity contribution in [3.8, 4) is 0 Å². The maximum Gasteiger partial charge on any atom is 0.227 e. The van der Waals surface area contributed by atoms with E-state index in [2.05, 4.69) is 0 Å². The van der Waals surface area contributed by atoms with Gasteiger partial charge < -0.3 is 14.7 Å². The first-order valence-electron chi connectivity index (χ1n) is 6.42. The van der Waals surface area contributed by atoms with Gasteiger partial charge in [-0.15, -0.1) is 0 Å². The van der Waals surface area contributed by atoms with E-state index in [1.54, 1.807) is 7.11 Å². The predicted octanol–water partition coefficient (Wildman–Crippen LogP) is 1.12. The molecule has 20 heavy (non-hydrogen) atoms. The number of hydrogen-bond acceptors (Lipinski definition) is 3. The highest BCUT2D eigenvalue weighted by Crippen LogP contribution is 2.21. The summed E-state index contributed by atoms with van der Waals surface area (Å²) in [6.45, 7) is 0.271. The van der Waals surface area contributed by atoms with Gasteiger partial charge in [-0.2, -0.15) is 0 Å². The van der Waals surface area contributed by atoms with Gasteiger partial charge in [-0.25, -0.2) is 8.78 Å². The molecule has 1 aromatic rings. The zero-order valence-corrected chi connectivity index (χ0v) is 11.2. The lowest BCUT2D eigenvalue weighted by Crippen LogP contribution is -2.39. The van der Waals surface area contributed by atoms with Crippen molar-refractivity contribution in [2.24, 2.45) is 0 Å². The summed E-state index contributed by atoms with van der Waals surface area (Å²) < 4.78 is 31.1. The van der Waals surface area contributed by atoms with Crippen LogP contribution in [0.2, 0.25) is 0 Å². The minimum atomic E-state index is -0.967. The number of benzene rings is 1. The van der Waals surface area contributed by atoms with Gasteiger partial charge in [0.25, 0.3) is 0 Å². The van der Waals surface area contributed by atoms with Crippen molar-refractivity contribution in [3.63, 3.8) is 0 Å². The fraction of sp³-hybridized carbons (Fsp3) is 0.500. The molecular weight excluding hydrogens is 268 g/mol. The number of amides is 1. The summed E-state index contributed by atoms with van der Waals surface area (Å²) >= 11 is 0. The van der Waals surface area contributed by atoms with Crippen LogP contribution in [0.5, 0.6) is 0 Å². The molecule has 0 aliphatic carbocycles. The van der Waals surface area contributed by atoms with Crippen LogP contribution in [-0.4, -0.2) is 48.3 Å². The molecule has 1 fully saturated rings. The Morgan fingerprint density at radius 3 is 2.80 bits per heavy atom. The molecule has 110 valence electrons. The molecule has 0 saturated carbocycles. The maximum atomic E-state index is 13.1. The highest BCUT2D eigenvalue weighted by atomic mass is 19.2. The van der Waals surface area contributed by atoms with E-state index in [1.807, 2.05) is 0 Å². The molecule has 4 nitrogen and oxygen atoms in total. The summed E-state index contributed by atoms with van der Waals surface area (Å²) in [5, 5.41) is 9.29. The monoisotopic (exact) mass is 285 g/mol. The number of nitrogens with zero attached hydrogens (tertiary/aromatic N) is 1. The summed E-state index contributed by atoms with van der Waals surface area (Å²) in [7, 11) is 1.56. The average Bonchev–Trinajstić information content (AvgIpc) is 2.86. The lowest BCUT2D eigenvalue weighted by atomic mass is 10.1. The second-order valence-corrected chi connectivity index (χ2v) is 4.90. The van der Waals surface area contributed by atoms with Crippen molar-refractivity contribution in [1.82, 2.24) is 4.90 Å². The molecule has 1 aliphatic heterocycles. The van der Waals surface area contributed by atoms with E-state index in [4.69, 9.17) is 4.74 Å². The van der Waals surface area contributed by atoms with Crippen LogP contribution in [0.3, 0.4) is 0 Å². The van der Waals surface area contributed by atoms with Gasteiger partial charge in [0.05, 0.1) is 25.2 Å². The number of ether oxygens (including phenoxy) is 1. The summed E-state index contributed by atoms with van der Waals surface area (Å²) in [5.41, 5.74) is 0.409. The minimum Gasteiger partial charge on any atom is -0.394 e. The molecule has 2 rings (SSSR count). The van der Waals surface area contributed by atoms with Crippen LogP contribution < -0.4 is 0 Å². The Hall–Kier alpha value is -1.53. The van der Waals surface area contributed by atoms with Gasteiger partial charge in [0.2, 0.25) is 5.91 Å². The van der Waals surface area contributed by atoms with E-state index >= 15 is 0 Å². The highest BCUT2D eigenvalue weighted by molar-refractivity contribution is 5.79. The normalized spacial score (nSPS) is 22.3. The largest absolute Gasteiger partial charge is 0.394 e. The SMILES string of the molecule is CO[C@H]1C[C@@H](CO)N(C(=O)Cc2ccc(F)c(F)c2)C1. The van der Waals surface area contributed by atoms with E-state index in [1.165, 1.54) is 11.0 Å². The van der Waals surface area contributed by atoms with Crippen molar-refractivity contribution in [3.05, 3.63) is 35.4 Å². The molecule has 1 aliphatic rings. The summed E-state index contributed by atoms with van der Waals surface area (Å²) in [6, 6.07) is 3.13. The van der Waals surface area contributed by atoms with E-state index in [0.29, 0.717) is 18.5 Å². The fourth-order valence-electron chi connectivity index (χ4n) is 2.45. The van der Waals surface area contributed by atoms with Gasteiger partial charge in [-0.3, -0.25) is 4.79 Å². The zero-order chi connectivity index (χ0) is 14.7. The third kappa shape index (κ3) is 3.13. The Morgan fingerprint density at radius 2 is 2.20 bits per heavy atom. The number of hydrogen-bond donors (Lipinski definition) is 1. The zero-order valence-electron chi connectivity index (χ0n) is 11.2. The van der Waals surface area contributed by atoms with Crippen LogP contribution in [0.1, 0.15) is 12.0 Å². The van der Waals surface area contributed by atoms with Crippen LogP contribution >= 0.6 is 0 Å². The van der Waals surface area contributed by atoms with Gasteiger partial charge in [-0.05, 0) is 24.1 Å². The van der Waals surface area contributed by atoms with Crippen molar-refractivity contribution in [2.45, 2.75) is 25.0 Å². The van der Waals surface area contributed by atoms with Crippen LogP contribution in [-0.2, 0) is 16.0 Å². The van der Waals surface area contributed by atoms with Crippen LogP contribution in [0, 0.1) is 11.6 Å². The average molecular weight is 285 g/mol. The standard InChI is InChI=1S/C14H17F2NO3/c1-20-11-6-10(8-18)17(7-11)14(19)5-9-2-3-12(15)13(16)4-9/h2-4,10-11,18H,5-8H2,1H3/t10-,11-/m0/s1. The molecule has 0 spiro atoms. The third-order valence-electron chi connectivity index (χ3n) is 3.58. The van der Waals surface area contributed by atoms with Crippen LogP contribution in [0.25, 0.3) is 0 Å². The van der Waals surface area contributed by atoms with Crippen molar-refractivity contribution in [1.29, 1.82) is 0 Å². The first kappa shape index (κ1) is 14.9.